The van der Waals surface area contributed by atoms with E-state index in [2.05, 4.69) is 5.32 Å². The Morgan fingerprint density at radius 1 is 0.935 bits per heavy atom. The summed E-state index contributed by atoms with van der Waals surface area (Å²) in [6, 6.07) is 6.36. The van der Waals surface area contributed by atoms with Gasteiger partial charge in [0.2, 0.25) is 15.9 Å². The van der Waals surface area contributed by atoms with Crippen LogP contribution in [-0.4, -0.2) is 62.2 Å². The lowest BCUT2D eigenvalue weighted by Gasteiger charge is -2.34. The van der Waals surface area contributed by atoms with Crippen molar-refractivity contribution < 1.29 is 26.8 Å². The van der Waals surface area contributed by atoms with Crippen molar-refractivity contribution in [1.29, 1.82) is 0 Å². The van der Waals surface area contributed by atoms with E-state index in [1.165, 1.54) is 27.4 Å². The summed E-state index contributed by atoms with van der Waals surface area (Å²) in [5.41, 5.74) is -0.247. The van der Waals surface area contributed by atoms with E-state index in [-0.39, 0.29) is 46.7 Å². The van der Waals surface area contributed by atoms with Gasteiger partial charge in [0.25, 0.3) is 5.91 Å². The van der Waals surface area contributed by atoms with Crippen molar-refractivity contribution in [1.82, 2.24) is 14.5 Å². The van der Waals surface area contributed by atoms with Crippen LogP contribution in [0, 0.1) is 11.6 Å². The molecule has 2 amide bonds. The van der Waals surface area contributed by atoms with E-state index in [9.17, 15) is 26.8 Å². The molecule has 1 aliphatic heterocycles. The highest BCUT2D eigenvalue weighted by Crippen LogP contribution is 2.27. The number of carbonyl (C=O) groups is 2. The summed E-state index contributed by atoms with van der Waals surface area (Å²) in [7, 11) is -3.81. The second kappa shape index (κ2) is 9.47. The number of hydrogen-bond acceptors (Lipinski definition) is 4. The fourth-order valence-corrected chi connectivity index (χ4v) is 4.83. The zero-order valence-electron chi connectivity index (χ0n) is 15.9. The number of benzene rings is 2. The number of rotatable bonds is 5. The predicted octanol–water partition coefficient (Wildman–Crippen LogP) is 2.53. The Morgan fingerprint density at radius 3 is 2.13 bits per heavy atom. The van der Waals surface area contributed by atoms with Crippen molar-refractivity contribution in [3.8, 4) is 0 Å². The van der Waals surface area contributed by atoms with Crippen LogP contribution in [0.4, 0.5) is 8.78 Å². The maximum atomic E-state index is 13.2. The topological polar surface area (TPSA) is 86.8 Å². The van der Waals surface area contributed by atoms with E-state index in [0.29, 0.717) is 6.07 Å². The van der Waals surface area contributed by atoms with Crippen molar-refractivity contribution in [3.63, 3.8) is 0 Å². The van der Waals surface area contributed by atoms with Crippen molar-refractivity contribution >= 4 is 45.0 Å². The first-order valence-electron chi connectivity index (χ1n) is 9.05. The molecule has 1 aliphatic rings. The summed E-state index contributed by atoms with van der Waals surface area (Å²) in [4.78, 5) is 25.7. The molecule has 12 heteroatoms. The lowest BCUT2D eigenvalue weighted by atomic mass is 10.2. The summed E-state index contributed by atoms with van der Waals surface area (Å²) in [6.07, 6.45) is 0. The van der Waals surface area contributed by atoms with Crippen molar-refractivity contribution in [2.75, 3.05) is 32.7 Å². The standard InChI is InChI=1S/C19H17Cl2F2N3O4S/c20-16-2-1-15(10-17(16)21)31(29,30)26-5-3-25(4-6-26)18(27)11-24-19(28)12-7-13(22)9-14(23)8-12/h1-2,7-10H,3-6,11H2,(H,24,28). The smallest absolute Gasteiger partial charge is 0.251 e. The molecule has 0 bridgehead atoms. The minimum absolute atomic E-state index is 0.00346. The van der Waals surface area contributed by atoms with E-state index in [4.69, 9.17) is 23.2 Å². The Morgan fingerprint density at radius 2 is 1.55 bits per heavy atom. The summed E-state index contributed by atoms with van der Waals surface area (Å²) in [5, 5.41) is 2.66. The summed E-state index contributed by atoms with van der Waals surface area (Å²) >= 11 is 11.7. The van der Waals surface area contributed by atoms with Gasteiger partial charge >= 0.3 is 0 Å². The molecular weight excluding hydrogens is 475 g/mol. The molecule has 0 atom stereocenters. The molecule has 1 saturated heterocycles. The Balaban J connectivity index is 1.55. The fraction of sp³-hybridized carbons (Fsp3) is 0.263. The molecule has 31 heavy (non-hydrogen) atoms. The van der Waals surface area contributed by atoms with Gasteiger partial charge in [0, 0.05) is 37.8 Å². The highest BCUT2D eigenvalue weighted by molar-refractivity contribution is 7.89. The maximum Gasteiger partial charge on any atom is 0.251 e. The van der Waals surface area contributed by atoms with Gasteiger partial charge in [-0.2, -0.15) is 4.31 Å². The Labute approximate surface area is 187 Å². The number of piperazine rings is 1. The monoisotopic (exact) mass is 491 g/mol. The number of sulfonamides is 1. The molecular formula is C19H17Cl2F2N3O4S. The number of hydrogen-bond donors (Lipinski definition) is 1. The van der Waals surface area contributed by atoms with Crippen LogP contribution in [0.15, 0.2) is 41.3 Å². The lowest BCUT2D eigenvalue weighted by molar-refractivity contribution is -0.131. The second-order valence-corrected chi connectivity index (χ2v) is 9.45. The summed E-state index contributed by atoms with van der Waals surface area (Å²) in [5.74, 6) is -3.06. The zero-order chi connectivity index (χ0) is 22.8. The maximum absolute atomic E-state index is 13.2. The van der Waals surface area contributed by atoms with Gasteiger partial charge in [-0.1, -0.05) is 23.2 Å². The van der Waals surface area contributed by atoms with Gasteiger partial charge in [-0.25, -0.2) is 17.2 Å². The van der Waals surface area contributed by atoms with Gasteiger partial charge in [-0.3, -0.25) is 9.59 Å². The number of halogens is 4. The molecule has 0 radical (unpaired) electrons. The van der Waals surface area contributed by atoms with Crippen LogP contribution < -0.4 is 5.32 Å². The van der Waals surface area contributed by atoms with Crippen molar-refractivity contribution in [2.24, 2.45) is 0 Å². The van der Waals surface area contributed by atoms with Crippen LogP contribution in [0.2, 0.25) is 10.0 Å². The third-order valence-corrected chi connectivity index (χ3v) is 7.28. The summed E-state index contributed by atoms with van der Waals surface area (Å²) < 4.78 is 53.2. The minimum Gasteiger partial charge on any atom is -0.343 e. The normalized spacial score (nSPS) is 15.0. The number of carbonyl (C=O) groups excluding carboxylic acids is 2. The van der Waals surface area contributed by atoms with E-state index >= 15 is 0 Å². The largest absolute Gasteiger partial charge is 0.343 e. The van der Waals surface area contributed by atoms with E-state index in [1.54, 1.807) is 0 Å². The highest BCUT2D eigenvalue weighted by Gasteiger charge is 2.30. The first kappa shape index (κ1) is 23.4. The minimum atomic E-state index is -3.81. The molecule has 1 N–H and O–H groups in total. The van der Waals surface area contributed by atoms with Gasteiger partial charge in [0.05, 0.1) is 21.5 Å². The average Bonchev–Trinajstić information content (AvgIpc) is 2.73. The number of nitrogens with zero attached hydrogens (tertiary/aromatic N) is 2. The quantitative estimate of drug-likeness (QED) is 0.696. The van der Waals surface area contributed by atoms with Crippen LogP contribution in [-0.2, 0) is 14.8 Å². The molecule has 0 aromatic heterocycles. The first-order chi connectivity index (χ1) is 14.6. The molecule has 3 rings (SSSR count). The molecule has 1 fully saturated rings. The van der Waals surface area contributed by atoms with Gasteiger partial charge in [-0.05, 0) is 30.3 Å². The van der Waals surface area contributed by atoms with Gasteiger partial charge in [-0.15, -0.1) is 0 Å². The second-order valence-electron chi connectivity index (χ2n) is 6.70. The Bertz CT molecular complexity index is 1100. The number of nitrogens with one attached hydrogen (secondary N) is 1. The van der Waals surface area contributed by atoms with E-state index < -0.39 is 40.0 Å². The van der Waals surface area contributed by atoms with Crippen molar-refractivity contribution in [2.45, 2.75) is 4.90 Å². The molecule has 0 saturated carbocycles. The fourth-order valence-electron chi connectivity index (χ4n) is 3.02. The molecule has 7 nitrogen and oxygen atoms in total. The first-order valence-corrected chi connectivity index (χ1v) is 11.2. The third kappa shape index (κ3) is 5.51. The van der Waals surface area contributed by atoms with E-state index in [1.807, 2.05) is 0 Å². The summed E-state index contributed by atoms with van der Waals surface area (Å²) in [6.45, 7) is -0.0566. The average molecular weight is 492 g/mol. The zero-order valence-corrected chi connectivity index (χ0v) is 18.3. The van der Waals surface area contributed by atoms with Gasteiger partial charge in [0.1, 0.15) is 11.6 Å². The van der Waals surface area contributed by atoms with Crippen LogP contribution >= 0.6 is 23.2 Å². The number of amides is 2. The third-order valence-electron chi connectivity index (χ3n) is 4.65. The molecule has 0 unspecified atom stereocenters. The predicted molar refractivity (Wildman–Crippen MR) is 110 cm³/mol. The molecule has 1 heterocycles. The molecule has 0 aliphatic carbocycles. The van der Waals surface area contributed by atoms with Gasteiger partial charge < -0.3 is 10.2 Å². The SMILES string of the molecule is O=C(NCC(=O)N1CCN(S(=O)(=O)c2ccc(Cl)c(Cl)c2)CC1)c1cc(F)cc(F)c1. The molecule has 0 spiro atoms. The van der Waals surface area contributed by atoms with Crippen LogP contribution in [0.25, 0.3) is 0 Å². The van der Waals surface area contributed by atoms with Gasteiger partial charge in [0.15, 0.2) is 0 Å². The lowest BCUT2D eigenvalue weighted by Crippen LogP contribution is -2.52. The van der Waals surface area contributed by atoms with Crippen LogP contribution in [0.1, 0.15) is 10.4 Å². The van der Waals surface area contributed by atoms with Crippen LogP contribution in [0.5, 0.6) is 0 Å². The highest BCUT2D eigenvalue weighted by atomic mass is 35.5. The Hall–Kier alpha value is -2.27. The molecule has 2 aromatic rings. The van der Waals surface area contributed by atoms with Crippen LogP contribution in [0.3, 0.4) is 0 Å². The van der Waals surface area contributed by atoms with E-state index in [0.717, 1.165) is 12.1 Å². The van der Waals surface area contributed by atoms with Crippen molar-refractivity contribution in [3.05, 3.63) is 63.6 Å². The molecule has 166 valence electrons. The Kier molecular flexibility index (Phi) is 7.15. The molecule has 2 aromatic carbocycles.